The molecule has 0 aliphatic heterocycles. The van der Waals surface area contributed by atoms with Gasteiger partial charge in [0.1, 0.15) is 5.75 Å². The lowest BCUT2D eigenvalue weighted by molar-refractivity contribution is 0.0954. The van der Waals surface area contributed by atoms with Gasteiger partial charge in [-0.3, -0.25) is 9.59 Å². The van der Waals surface area contributed by atoms with Crippen molar-refractivity contribution in [2.75, 3.05) is 11.9 Å². The normalized spacial score (nSPS) is 14.0. The molecule has 0 saturated heterocycles. The van der Waals surface area contributed by atoms with Crippen LogP contribution in [0.25, 0.3) is 0 Å². The fourth-order valence-electron chi connectivity index (χ4n) is 3.24. The fraction of sp³-hybridized carbons (Fsp3) is 0.364. The van der Waals surface area contributed by atoms with Crippen LogP contribution in [0.5, 0.6) is 5.75 Å². The van der Waals surface area contributed by atoms with Crippen molar-refractivity contribution in [3.05, 3.63) is 59.2 Å². The van der Waals surface area contributed by atoms with Crippen LogP contribution in [0.4, 0.5) is 5.69 Å². The summed E-state index contributed by atoms with van der Waals surface area (Å²) in [5.41, 5.74) is 2.61. The molecule has 27 heavy (non-hydrogen) atoms. The van der Waals surface area contributed by atoms with Gasteiger partial charge in [-0.15, -0.1) is 0 Å². The third-order valence-electron chi connectivity index (χ3n) is 4.81. The largest absolute Gasteiger partial charge is 0.490 e. The summed E-state index contributed by atoms with van der Waals surface area (Å²) in [6, 6.07) is 12.5. The average molecular weight is 366 g/mol. The lowest BCUT2D eigenvalue weighted by atomic mass is 10.1. The molecule has 1 aliphatic carbocycles. The van der Waals surface area contributed by atoms with E-state index in [1.54, 1.807) is 24.3 Å². The summed E-state index contributed by atoms with van der Waals surface area (Å²) in [6.45, 7) is 4.33. The maximum Gasteiger partial charge on any atom is 0.255 e. The second kappa shape index (κ2) is 8.71. The zero-order chi connectivity index (χ0) is 19.2. The molecule has 2 aromatic carbocycles. The number of ether oxygens (including phenoxy) is 1. The molecule has 2 aromatic rings. The number of hydrogen-bond acceptors (Lipinski definition) is 3. The molecule has 0 radical (unpaired) electrons. The number of carbonyl (C=O) groups is 2. The summed E-state index contributed by atoms with van der Waals surface area (Å²) in [5, 5.41) is 5.66. The van der Waals surface area contributed by atoms with E-state index in [9.17, 15) is 9.59 Å². The summed E-state index contributed by atoms with van der Waals surface area (Å²) in [7, 11) is 0. The van der Waals surface area contributed by atoms with E-state index in [0.29, 0.717) is 29.5 Å². The Morgan fingerprint density at radius 3 is 2.33 bits per heavy atom. The summed E-state index contributed by atoms with van der Waals surface area (Å²) in [6.07, 6.45) is 4.94. The monoisotopic (exact) mass is 366 g/mol. The Balaban J connectivity index is 1.67. The van der Waals surface area contributed by atoms with Crippen LogP contribution in [-0.4, -0.2) is 24.5 Å². The first kappa shape index (κ1) is 19.0. The van der Waals surface area contributed by atoms with Crippen LogP contribution in [0.2, 0.25) is 0 Å². The zero-order valence-corrected chi connectivity index (χ0v) is 15.9. The molecule has 5 nitrogen and oxygen atoms in total. The zero-order valence-electron chi connectivity index (χ0n) is 15.9. The van der Waals surface area contributed by atoms with Crippen LogP contribution in [0.3, 0.4) is 0 Å². The third-order valence-corrected chi connectivity index (χ3v) is 4.81. The van der Waals surface area contributed by atoms with Crippen LogP contribution in [0, 0.1) is 6.92 Å². The molecule has 2 amide bonds. The molecule has 3 rings (SSSR count). The van der Waals surface area contributed by atoms with E-state index in [4.69, 9.17) is 4.74 Å². The number of rotatable bonds is 6. The number of amides is 2. The highest BCUT2D eigenvalue weighted by molar-refractivity contribution is 6.05. The molecular formula is C22H26N2O3. The maximum atomic E-state index is 12.6. The summed E-state index contributed by atoms with van der Waals surface area (Å²) in [4.78, 5) is 24.6. The van der Waals surface area contributed by atoms with E-state index in [1.165, 1.54) is 12.8 Å². The minimum absolute atomic E-state index is 0.151. The minimum atomic E-state index is -0.210. The van der Waals surface area contributed by atoms with Crippen LogP contribution in [0.15, 0.2) is 42.5 Å². The van der Waals surface area contributed by atoms with Crippen molar-refractivity contribution in [3.63, 3.8) is 0 Å². The van der Waals surface area contributed by atoms with E-state index in [2.05, 4.69) is 10.6 Å². The SMILES string of the molecule is CCNC(=O)c1ccc(C)c(NC(=O)c2ccc(OC3CCCC3)cc2)c1. The van der Waals surface area contributed by atoms with Gasteiger partial charge in [-0.05, 0) is 81.5 Å². The Labute approximate surface area is 160 Å². The van der Waals surface area contributed by atoms with Crippen molar-refractivity contribution in [2.45, 2.75) is 45.6 Å². The van der Waals surface area contributed by atoms with E-state index in [0.717, 1.165) is 24.2 Å². The van der Waals surface area contributed by atoms with Gasteiger partial charge in [0.05, 0.1) is 6.10 Å². The molecular weight excluding hydrogens is 340 g/mol. The van der Waals surface area contributed by atoms with E-state index in [-0.39, 0.29) is 11.8 Å². The van der Waals surface area contributed by atoms with E-state index >= 15 is 0 Å². The van der Waals surface area contributed by atoms with Crippen LogP contribution >= 0.6 is 0 Å². The molecule has 1 fully saturated rings. The average Bonchev–Trinajstić information content (AvgIpc) is 3.17. The topological polar surface area (TPSA) is 67.4 Å². The van der Waals surface area contributed by atoms with Gasteiger partial charge in [0, 0.05) is 23.4 Å². The van der Waals surface area contributed by atoms with E-state index < -0.39 is 0 Å². The summed E-state index contributed by atoms with van der Waals surface area (Å²) >= 11 is 0. The van der Waals surface area contributed by atoms with Gasteiger partial charge in [0.25, 0.3) is 11.8 Å². The molecule has 0 aromatic heterocycles. The molecule has 5 heteroatoms. The molecule has 1 aliphatic rings. The number of anilines is 1. The summed E-state index contributed by atoms with van der Waals surface area (Å²) in [5.74, 6) is 0.438. The van der Waals surface area contributed by atoms with Crippen LogP contribution in [-0.2, 0) is 0 Å². The third kappa shape index (κ3) is 4.88. The van der Waals surface area contributed by atoms with Crippen molar-refractivity contribution in [2.24, 2.45) is 0 Å². The molecule has 0 unspecified atom stereocenters. The molecule has 2 N–H and O–H groups in total. The van der Waals surface area contributed by atoms with Crippen molar-refractivity contribution in [1.82, 2.24) is 5.32 Å². The van der Waals surface area contributed by atoms with Crippen molar-refractivity contribution in [1.29, 1.82) is 0 Å². The Morgan fingerprint density at radius 1 is 1.00 bits per heavy atom. The second-order valence-electron chi connectivity index (χ2n) is 6.89. The number of aryl methyl sites for hydroxylation is 1. The fourth-order valence-corrected chi connectivity index (χ4v) is 3.24. The highest BCUT2D eigenvalue weighted by atomic mass is 16.5. The highest BCUT2D eigenvalue weighted by Crippen LogP contribution is 2.24. The predicted octanol–water partition coefficient (Wildman–Crippen LogP) is 4.32. The summed E-state index contributed by atoms with van der Waals surface area (Å²) < 4.78 is 5.94. The van der Waals surface area contributed by atoms with Gasteiger partial charge in [-0.1, -0.05) is 6.07 Å². The predicted molar refractivity (Wildman–Crippen MR) is 106 cm³/mol. The first-order valence-corrected chi connectivity index (χ1v) is 9.53. The molecule has 142 valence electrons. The first-order chi connectivity index (χ1) is 13.1. The van der Waals surface area contributed by atoms with Gasteiger partial charge in [0.2, 0.25) is 0 Å². The van der Waals surface area contributed by atoms with Gasteiger partial charge >= 0.3 is 0 Å². The van der Waals surface area contributed by atoms with Gasteiger partial charge < -0.3 is 15.4 Å². The second-order valence-corrected chi connectivity index (χ2v) is 6.89. The quantitative estimate of drug-likeness (QED) is 0.800. The highest BCUT2D eigenvalue weighted by Gasteiger charge is 2.17. The van der Waals surface area contributed by atoms with Crippen LogP contribution < -0.4 is 15.4 Å². The van der Waals surface area contributed by atoms with E-state index in [1.807, 2.05) is 32.0 Å². The van der Waals surface area contributed by atoms with Gasteiger partial charge in [0.15, 0.2) is 0 Å². The van der Waals surface area contributed by atoms with Crippen molar-refractivity contribution >= 4 is 17.5 Å². The number of nitrogens with one attached hydrogen (secondary N) is 2. The lowest BCUT2D eigenvalue weighted by Gasteiger charge is -2.14. The molecule has 0 atom stereocenters. The first-order valence-electron chi connectivity index (χ1n) is 9.53. The van der Waals surface area contributed by atoms with Gasteiger partial charge in [-0.25, -0.2) is 0 Å². The molecule has 1 saturated carbocycles. The Bertz CT molecular complexity index is 809. The molecule has 0 spiro atoms. The Kier molecular flexibility index (Phi) is 6.12. The number of carbonyl (C=O) groups excluding carboxylic acids is 2. The smallest absolute Gasteiger partial charge is 0.255 e. The number of hydrogen-bond donors (Lipinski definition) is 2. The molecule has 0 heterocycles. The molecule has 0 bridgehead atoms. The standard InChI is InChI=1S/C22H26N2O3/c1-3-23-21(25)17-9-8-15(2)20(14-17)24-22(26)16-10-12-19(13-11-16)27-18-6-4-5-7-18/h8-14,18H,3-7H2,1-2H3,(H,23,25)(H,24,26). The maximum absolute atomic E-state index is 12.6. The number of benzene rings is 2. The minimum Gasteiger partial charge on any atom is -0.490 e. The van der Waals surface area contributed by atoms with Crippen molar-refractivity contribution in [3.8, 4) is 5.75 Å². The Hall–Kier alpha value is -2.82. The van der Waals surface area contributed by atoms with Crippen molar-refractivity contribution < 1.29 is 14.3 Å². The van der Waals surface area contributed by atoms with Gasteiger partial charge in [-0.2, -0.15) is 0 Å². The lowest BCUT2D eigenvalue weighted by Crippen LogP contribution is -2.23. The van der Waals surface area contributed by atoms with Crippen LogP contribution in [0.1, 0.15) is 58.9 Å². The Morgan fingerprint density at radius 2 is 1.67 bits per heavy atom.